The highest BCUT2D eigenvalue weighted by Crippen LogP contribution is 2.38. The van der Waals surface area contributed by atoms with Crippen LogP contribution in [0.2, 0.25) is 0 Å². The average molecular weight is 436 g/mol. The number of halogens is 1. The van der Waals surface area contributed by atoms with Crippen molar-refractivity contribution in [2.45, 2.75) is 18.9 Å². The molecule has 2 aromatic carbocycles. The molecular weight excluding hydrogens is 410 g/mol. The first-order chi connectivity index (χ1) is 10.5. The first kappa shape index (κ1) is 26.2. The third-order valence-electron chi connectivity index (χ3n) is 4.33. The maximum absolute atomic E-state index is 9.78. The van der Waals surface area contributed by atoms with Crippen molar-refractivity contribution in [3.8, 4) is 23.0 Å². The Morgan fingerprint density at radius 1 is 0.885 bits per heavy atom. The highest BCUT2D eigenvalue weighted by molar-refractivity contribution is 8.93. The van der Waals surface area contributed by atoms with Crippen molar-refractivity contribution in [3.63, 3.8) is 0 Å². The molecule has 26 heavy (non-hydrogen) atoms. The number of fused-ring (bicyclic) bond motifs is 1. The molecule has 148 valence electrons. The third-order valence-corrected chi connectivity index (χ3v) is 4.33. The molecule has 0 amide bonds. The van der Waals surface area contributed by atoms with Gasteiger partial charge in [-0.3, -0.25) is 4.90 Å². The Kier molecular flexibility index (Phi) is 10.3. The van der Waals surface area contributed by atoms with Crippen LogP contribution in [0.4, 0.5) is 0 Å². The van der Waals surface area contributed by atoms with E-state index in [9.17, 15) is 20.4 Å². The van der Waals surface area contributed by atoms with E-state index in [2.05, 4.69) is 4.90 Å². The van der Waals surface area contributed by atoms with Crippen LogP contribution in [0.15, 0.2) is 30.3 Å². The van der Waals surface area contributed by atoms with E-state index in [0.717, 1.165) is 29.7 Å². The number of phenolic OH excluding ortho intramolecular Hbond substituents is 4. The second-order valence-corrected chi connectivity index (χ2v) is 5.81. The summed E-state index contributed by atoms with van der Waals surface area (Å²) in [5, 5.41) is 38.5. The lowest BCUT2D eigenvalue weighted by molar-refractivity contribution is 0.228. The molecule has 1 aliphatic rings. The van der Waals surface area contributed by atoms with Crippen LogP contribution < -0.4 is 0 Å². The van der Waals surface area contributed by atoms with Crippen LogP contribution in [0, 0.1) is 0 Å². The van der Waals surface area contributed by atoms with Crippen molar-refractivity contribution in [3.05, 3.63) is 47.0 Å². The molecule has 0 radical (unpaired) electrons. The number of hydrogen-bond donors (Lipinski definition) is 4. The van der Waals surface area contributed by atoms with E-state index in [1.807, 2.05) is 7.05 Å². The van der Waals surface area contributed by atoms with E-state index in [4.69, 9.17) is 0 Å². The van der Waals surface area contributed by atoms with Crippen molar-refractivity contribution in [1.82, 2.24) is 4.90 Å². The van der Waals surface area contributed by atoms with Crippen LogP contribution in [-0.4, -0.2) is 55.3 Å². The lowest BCUT2D eigenvalue weighted by Gasteiger charge is -2.35. The Balaban J connectivity index is 0. The zero-order valence-electron chi connectivity index (χ0n) is 14.2. The average Bonchev–Trinajstić information content (AvgIpc) is 2.48. The van der Waals surface area contributed by atoms with E-state index in [1.54, 1.807) is 24.3 Å². The van der Waals surface area contributed by atoms with Crippen LogP contribution >= 0.6 is 17.0 Å². The van der Waals surface area contributed by atoms with Gasteiger partial charge in [0.15, 0.2) is 23.0 Å². The maximum Gasteiger partial charge on any atom is 0.157 e. The minimum absolute atomic E-state index is 0. The summed E-state index contributed by atoms with van der Waals surface area (Å²) >= 11 is 0. The van der Waals surface area contributed by atoms with Crippen molar-refractivity contribution in [2.75, 3.05) is 13.6 Å². The number of likely N-dealkylation sites (N-methyl/N-ethyl adjacent to an activating group) is 1. The smallest absolute Gasteiger partial charge is 0.157 e. The molecule has 2 aromatic rings. The highest BCUT2D eigenvalue weighted by atomic mass is 79.9. The fraction of sp³-hybridized carbons (Fsp3) is 0.294. The topological polar surface area (TPSA) is 179 Å². The van der Waals surface area contributed by atoms with Gasteiger partial charge in [-0.25, -0.2) is 0 Å². The van der Waals surface area contributed by atoms with E-state index in [-0.39, 0.29) is 62.4 Å². The summed E-state index contributed by atoms with van der Waals surface area (Å²) in [6.45, 7) is 0.853. The molecule has 10 N–H and O–H groups in total. The molecule has 3 rings (SSSR count). The van der Waals surface area contributed by atoms with E-state index in [1.165, 1.54) is 6.07 Å². The molecule has 1 atom stereocenters. The van der Waals surface area contributed by atoms with Gasteiger partial charge >= 0.3 is 0 Å². The molecule has 9 heteroatoms. The van der Waals surface area contributed by atoms with Gasteiger partial charge in [0.2, 0.25) is 0 Å². The van der Waals surface area contributed by atoms with Gasteiger partial charge in [0.1, 0.15) is 0 Å². The molecule has 0 aliphatic carbocycles. The number of nitrogens with zero attached hydrogens (tertiary/aromatic N) is 1. The predicted molar refractivity (Wildman–Crippen MR) is 103 cm³/mol. The fourth-order valence-electron chi connectivity index (χ4n) is 3.04. The molecule has 0 saturated carbocycles. The first-order valence-corrected chi connectivity index (χ1v) is 7.21. The number of phenols is 4. The fourth-order valence-corrected chi connectivity index (χ4v) is 3.04. The molecule has 0 unspecified atom stereocenters. The van der Waals surface area contributed by atoms with Gasteiger partial charge in [-0.1, -0.05) is 6.07 Å². The van der Waals surface area contributed by atoms with Gasteiger partial charge < -0.3 is 36.9 Å². The molecule has 0 fully saturated rings. The van der Waals surface area contributed by atoms with Crippen LogP contribution in [-0.2, 0) is 12.8 Å². The van der Waals surface area contributed by atoms with Crippen LogP contribution in [0.1, 0.15) is 22.7 Å². The summed E-state index contributed by atoms with van der Waals surface area (Å²) in [4.78, 5) is 2.18. The highest BCUT2D eigenvalue weighted by Gasteiger charge is 2.26. The minimum Gasteiger partial charge on any atom is -0.504 e. The van der Waals surface area contributed by atoms with Gasteiger partial charge in [0.05, 0.1) is 0 Å². The number of benzene rings is 2. The van der Waals surface area contributed by atoms with Crippen molar-refractivity contribution >= 4 is 17.0 Å². The van der Waals surface area contributed by atoms with Gasteiger partial charge in [-0.2, -0.15) is 0 Å². The molecule has 8 nitrogen and oxygen atoms in total. The second-order valence-electron chi connectivity index (χ2n) is 5.81. The number of rotatable bonds is 2. The summed E-state index contributed by atoms with van der Waals surface area (Å²) < 4.78 is 0. The van der Waals surface area contributed by atoms with Crippen LogP contribution in [0.3, 0.4) is 0 Å². The van der Waals surface area contributed by atoms with Gasteiger partial charge in [-0.15, -0.1) is 17.0 Å². The summed E-state index contributed by atoms with van der Waals surface area (Å²) in [5.41, 5.74) is 2.91. The molecule has 1 heterocycles. The lowest BCUT2D eigenvalue weighted by Crippen LogP contribution is -2.33. The predicted octanol–water partition coefficient (Wildman–Crippen LogP) is 0.384. The van der Waals surface area contributed by atoms with Crippen molar-refractivity contribution < 1.29 is 36.9 Å². The monoisotopic (exact) mass is 435 g/mol. The Morgan fingerprint density at radius 3 is 2.08 bits per heavy atom. The molecule has 0 aromatic heterocycles. The van der Waals surface area contributed by atoms with Crippen LogP contribution in [0.5, 0.6) is 23.0 Å². The van der Waals surface area contributed by atoms with Gasteiger partial charge in [0.25, 0.3) is 0 Å². The second kappa shape index (κ2) is 10.2. The summed E-state index contributed by atoms with van der Waals surface area (Å²) in [6, 6.07) is 8.08. The lowest BCUT2D eigenvalue weighted by atomic mass is 9.88. The first-order valence-electron chi connectivity index (χ1n) is 7.21. The number of aromatic hydroxyl groups is 4. The molecule has 1 aliphatic heterocycles. The van der Waals surface area contributed by atoms with Gasteiger partial charge in [-0.05, 0) is 60.8 Å². The third kappa shape index (κ3) is 4.99. The Labute approximate surface area is 161 Å². The van der Waals surface area contributed by atoms with E-state index >= 15 is 0 Å². The quantitative estimate of drug-likeness (QED) is 0.496. The largest absolute Gasteiger partial charge is 0.504 e. The standard InChI is InChI=1S/C17H19NO4.BrH.3H2O/c1-18-5-4-11-8-16(21)17(22)9-12(11)13(18)6-10-2-3-14(19)15(20)7-10;;;;/h2-3,7-9,13,19-22H,4-6H2,1H3;1H;3*1H2/t13-;;;;/m1..../s1. The summed E-state index contributed by atoms with van der Waals surface area (Å²) in [6.07, 6.45) is 1.46. The normalized spacial score (nSPS) is 15.3. The number of hydrogen-bond acceptors (Lipinski definition) is 5. The Bertz CT molecular complexity index is 726. The SMILES string of the molecule is Br.CN1CCc2cc(O)c(O)cc2[C@H]1Cc1ccc(O)c(O)c1.O.O.O. The zero-order chi connectivity index (χ0) is 15.9. The Hall–Kier alpha value is -2.04. The molecule has 0 spiro atoms. The molecular formula is C17H26BrNO7. The maximum atomic E-state index is 9.78. The summed E-state index contributed by atoms with van der Waals surface area (Å²) in [7, 11) is 2.01. The van der Waals surface area contributed by atoms with E-state index in [0.29, 0.717) is 6.42 Å². The summed E-state index contributed by atoms with van der Waals surface area (Å²) in [5.74, 6) is -0.481. The molecule has 0 bridgehead atoms. The van der Waals surface area contributed by atoms with Gasteiger partial charge in [0, 0.05) is 12.6 Å². The van der Waals surface area contributed by atoms with Crippen molar-refractivity contribution in [1.29, 1.82) is 0 Å². The van der Waals surface area contributed by atoms with E-state index < -0.39 is 0 Å². The minimum atomic E-state index is -0.135. The zero-order valence-corrected chi connectivity index (χ0v) is 15.9. The Morgan fingerprint density at radius 2 is 1.46 bits per heavy atom. The van der Waals surface area contributed by atoms with Crippen molar-refractivity contribution in [2.24, 2.45) is 0 Å². The molecule has 0 saturated heterocycles. The van der Waals surface area contributed by atoms with Crippen LogP contribution in [0.25, 0.3) is 0 Å².